The van der Waals surface area contributed by atoms with Crippen LogP contribution >= 0.6 is 7.81 Å². The van der Waals surface area contributed by atoms with Crippen molar-refractivity contribution in [1.29, 1.82) is 0 Å². The van der Waals surface area contributed by atoms with Crippen molar-refractivity contribution in [2.75, 3.05) is 0 Å². The van der Waals surface area contributed by atoms with E-state index in [0.29, 0.717) is 6.42 Å². The van der Waals surface area contributed by atoms with E-state index in [0.717, 1.165) is 19.4 Å². The third-order valence-electron chi connectivity index (χ3n) is 3.38. The van der Waals surface area contributed by atoms with Crippen LogP contribution in [0.5, 0.6) is 0 Å². The molecule has 156 valence electrons. The Balaban J connectivity index is 0.000000758. The van der Waals surface area contributed by atoms with Crippen molar-refractivity contribution >= 4 is 13.8 Å². The molecular formula is C15H27F6N2O2P. The van der Waals surface area contributed by atoms with E-state index in [9.17, 15) is 30.0 Å². The van der Waals surface area contributed by atoms with Gasteiger partial charge in [-0.05, 0) is 19.3 Å². The normalized spacial score (nSPS) is 14.1. The second-order valence-electron chi connectivity index (χ2n) is 6.25. The Morgan fingerprint density at radius 1 is 0.923 bits per heavy atom. The molecule has 1 rings (SSSR count). The van der Waals surface area contributed by atoms with Crippen LogP contribution in [0.3, 0.4) is 0 Å². The molecule has 11 heteroatoms. The van der Waals surface area contributed by atoms with Crippen LogP contribution in [-0.2, 0) is 18.4 Å². The Hall–Kier alpha value is -1.31. The minimum absolute atomic E-state index is 0.328. The molecule has 0 radical (unpaired) electrons. The predicted octanol–water partition coefficient (Wildman–Crippen LogP) is 6.29. The average molecular weight is 412 g/mol. The standard InChI is InChI=1S/C15H26N2O2.F6P/c1-16-12-13-17(14-16)11-9-7-5-3-2-4-6-8-10-15(18)19;1-7(2,3,4,5)6/h12-14H,2-11H2,1H3;/q;-1/p+1. The Morgan fingerprint density at radius 3 is 1.73 bits per heavy atom. The first-order valence-corrected chi connectivity index (χ1v) is 10.5. The summed E-state index contributed by atoms with van der Waals surface area (Å²) in [5, 5.41) is 8.51. The number of aliphatic carboxylic acids is 1. The summed E-state index contributed by atoms with van der Waals surface area (Å²) in [6.45, 7) is 1.11. The van der Waals surface area contributed by atoms with E-state index in [1.807, 2.05) is 7.05 Å². The van der Waals surface area contributed by atoms with E-state index < -0.39 is 13.8 Å². The summed E-state index contributed by atoms with van der Waals surface area (Å²) in [6.07, 6.45) is 16.1. The number of nitrogens with zero attached hydrogens (tertiary/aromatic N) is 2. The third kappa shape index (κ3) is 24.9. The summed E-state index contributed by atoms with van der Waals surface area (Å²) in [5.74, 6) is -0.668. The summed E-state index contributed by atoms with van der Waals surface area (Å²) < 4.78 is 63.5. The van der Waals surface area contributed by atoms with Crippen LogP contribution in [-0.4, -0.2) is 15.6 Å². The number of hydrogen-bond acceptors (Lipinski definition) is 1. The van der Waals surface area contributed by atoms with Crippen LogP contribution in [0.1, 0.15) is 57.8 Å². The molecule has 0 saturated carbocycles. The number of carboxylic acids is 1. The SMILES string of the molecule is C[n+]1ccn(CCCCCCCCCCC(=O)O)c1.F[P-](F)(F)(F)(F)F. The van der Waals surface area contributed by atoms with Crippen molar-refractivity contribution in [3.63, 3.8) is 0 Å². The van der Waals surface area contributed by atoms with E-state index in [1.165, 1.54) is 38.5 Å². The number of imidazole rings is 1. The van der Waals surface area contributed by atoms with Crippen molar-refractivity contribution in [1.82, 2.24) is 4.57 Å². The van der Waals surface area contributed by atoms with Gasteiger partial charge in [-0.1, -0.05) is 32.1 Å². The molecule has 0 saturated heterocycles. The molecule has 1 N–H and O–H groups in total. The number of carboxylic acid groups (broad SMARTS) is 1. The Labute approximate surface area is 149 Å². The zero-order valence-corrected chi connectivity index (χ0v) is 15.7. The number of rotatable bonds is 11. The van der Waals surface area contributed by atoms with Gasteiger partial charge >= 0.3 is 39.0 Å². The Kier molecular flexibility index (Phi) is 9.09. The number of unbranched alkanes of at least 4 members (excludes halogenated alkanes) is 7. The van der Waals surface area contributed by atoms with Gasteiger partial charge in [-0.2, -0.15) is 0 Å². The fourth-order valence-corrected chi connectivity index (χ4v) is 2.27. The zero-order chi connectivity index (χ0) is 20.3. The van der Waals surface area contributed by atoms with Crippen LogP contribution in [0.15, 0.2) is 18.7 Å². The van der Waals surface area contributed by atoms with Gasteiger partial charge in [-0.25, -0.2) is 9.13 Å². The van der Waals surface area contributed by atoms with E-state index in [-0.39, 0.29) is 0 Å². The van der Waals surface area contributed by atoms with Crippen molar-refractivity contribution in [2.45, 2.75) is 64.3 Å². The van der Waals surface area contributed by atoms with Gasteiger partial charge in [-0.3, -0.25) is 4.79 Å². The zero-order valence-electron chi connectivity index (χ0n) is 14.8. The minimum atomic E-state index is -10.7. The molecule has 0 unspecified atom stereocenters. The molecule has 0 aliphatic heterocycles. The van der Waals surface area contributed by atoms with Gasteiger partial charge in [0.2, 0.25) is 6.33 Å². The molecule has 0 fully saturated rings. The summed E-state index contributed by atoms with van der Waals surface area (Å²) in [5.41, 5.74) is 0. The summed E-state index contributed by atoms with van der Waals surface area (Å²) >= 11 is 0. The molecule has 4 nitrogen and oxygen atoms in total. The van der Waals surface area contributed by atoms with Gasteiger partial charge in [0.15, 0.2) is 0 Å². The topological polar surface area (TPSA) is 46.1 Å². The van der Waals surface area contributed by atoms with E-state index >= 15 is 0 Å². The van der Waals surface area contributed by atoms with E-state index in [2.05, 4.69) is 27.9 Å². The summed E-state index contributed by atoms with van der Waals surface area (Å²) in [4.78, 5) is 10.3. The van der Waals surface area contributed by atoms with Gasteiger partial charge in [0.1, 0.15) is 12.4 Å². The fourth-order valence-electron chi connectivity index (χ4n) is 2.27. The van der Waals surface area contributed by atoms with Gasteiger partial charge < -0.3 is 5.11 Å². The third-order valence-corrected chi connectivity index (χ3v) is 3.38. The Bertz CT molecular complexity index is 534. The molecular weight excluding hydrogens is 385 g/mol. The molecule has 0 bridgehead atoms. The first-order chi connectivity index (χ1) is 11.6. The van der Waals surface area contributed by atoms with Crippen molar-refractivity contribution in [2.24, 2.45) is 7.05 Å². The number of halogens is 6. The quantitative estimate of drug-likeness (QED) is 0.201. The number of hydrogen-bond donors (Lipinski definition) is 1. The van der Waals surface area contributed by atoms with Gasteiger partial charge in [-0.15, -0.1) is 0 Å². The maximum atomic E-state index is 10.3. The van der Waals surface area contributed by atoms with Crippen LogP contribution in [0, 0.1) is 0 Å². The van der Waals surface area contributed by atoms with Crippen LogP contribution in [0.2, 0.25) is 0 Å². The number of aromatic nitrogens is 2. The summed E-state index contributed by atoms with van der Waals surface area (Å²) in [6, 6.07) is 0. The van der Waals surface area contributed by atoms with Crippen LogP contribution in [0.25, 0.3) is 0 Å². The molecule has 0 aliphatic rings. The van der Waals surface area contributed by atoms with Crippen molar-refractivity contribution in [3.05, 3.63) is 18.7 Å². The van der Waals surface area contributed by atoms with Crippen LogP contribution < -0.4 is 4.57 Å². The van der Waals surface area contributed by atoms with E-state index in [1.54, 1.807) is 0 Å². The molecule has 0 amide bonds. The fraction of sp³-hybridized carbons (Fsp3) is 0.733. The number of aryl methyl sites for hydroxylation is 2. The molecule has 0 aliphatic carbocycles. The molecule has 0 aromatic carbocycles. The molecule has 26 heavy (non-hydrogen) atoms. The summed E-state index contributed by atoms with van der Waals surface area (Å²) in [7, 11) is -8.61. The molecule has 1 aromatic rings. The molecule has 1 aromatic heterocycles. The van der Waals surface area contributed by atoms with Gasteiger partial charge in [0, 0.05) is 6.42 Å². The first kappa shape index (κ1) is 24.7. The monoisotopic (exact) mass is 412 g/mol. The number of carbonyl (C=O) groups is 1. The first-order valence-electron chi connectivity index (χ1n) is 8.43. The van der Waals surface area contributed by atoms with Crippen LogP contribution in [0.4, 0.5) is 25.2 Å². The van der Waals surface area contributed by atoms with Crippen molar-refractivity contribution < 1.29 is 39.6 Å². The van der Waals surface area contributed by atoms with Crippen molar-refractivity contribution in [3.8, 4) is 0 Å². The Morgan fingerprint density at radius 2 is 1.35 bits per heavy atom. The van der Waals surface area contributed by atoms with Gasteiger partial charge in [0.05, 0.1) is 13.6 Å². The van der Waals surface area contributed by atoms with Gasteiger partial charge in [0.25, 0.3) is 0 Å². The maximum absolute atomic E-state index is 10.7. The predicted molar refractivity (Wildman–Crippen MR) is 88.4 cm³/mol. The average Bonchev–Trinajstić information content (AvgIpc) is 2.83. The molecule has 0 atom stereocenters. The second-order valence-corrected chi connectivity index (χ2v) is 8.16. The molecule has 0 spiro atoms. The molecule has 1 heterocycles. The second kappa shape index (κ2) is 9.58. The van der Waals surface area contributed by atoms with E-state index in [4.69, 9.17) is 5.11 Å².